The van der Waals surface area contributed by atoms with Crippen LogP contribution in [0.15, 0.2) is 48.5 Å². The summed E-state index contributed by atoms with van der Waals surface area (Å²) in [5.41, 5.74) is 2.24. The molecule has 214 valence electrons. The predicted octanol–water partition coefficient (Wildman–Crippen LogP) is 3.91. The number of nitrogens with zero attached hydrogens (tertiary/aromatic N) is 4. The average molecular weight is 589 g/mol. The van der Waals surface area contributed by atoms with Gasteiger partial charge in [0.1, 0.15) is 21.8 Å². The summed E-state index contributed by atoms with van der Waals surface area (Å²) in [5.74, 6) is 0.323. The van der Waals surface area contributed by atoms with E-state index in [1.807, 2.05) is 41.0 Å². The van der Waals surface area contributed by atoms with Crippen LogP contribution in [0.4, 0.5) is 10.5 Å². The quantitative estimate of drug-likeness (QED) is 0.373. The van der Waals surface area contributed by atoms with Crippen molar-refractivity contribution in [3.63, 3.8) is 0 Å². The van der Waals surface area contributed by atoms with E-state index in [1.165, 1.54) is 6.26 Å². The lowest BCUT2D eigenvalue weighted by Gasteiger charge is -2.38. The smallest absolute Gasteiger partial charge is 0.410 e. The number of imidazole rings is 1. The number of rotatable bonds is 9. The normalized spacial score (nSPS) is 19.3. The molecule has 0 radical (unpaired) electrons. The Morgan fingerprint density at radius 3 is 2.55 bits per heavy atom. The standard InChI is InChI=1S/C28H33ClN4O6S/c1-40(36,37)15-5-10-32-25-9-8-21(29)18-24(25)30-26(32)19-33(22-6-3-2-4-7-22)27(34)20-16-23(17-20)39-28(35)31-11-13-38-14-12-31/h2-4,6-9,18,20,23H,5,10-17,19H2,1H3/t20-,23-. The molecular formula is C28H33ClN4O6S. The summed E-state index contributed by atoms with van der Waals surface area (Å²) in [6.07, 6.45) is 1.89. The van der Waals surface area contributed by atoms with Gasteiger partial charge in [-0.05, 0) is 49.6 Å². The molecule has 1 saturated heterocycles. The largest absolute Gasteiger partial charge is 0.446 e. The van der Waals surface area contributed by atoms with Crippen molar-refractivity contribution in [1.82, 2.24) is 14.5 Å². The summed E-state index contributed by atoms with van der Waals surface area (Å²) in [4.78, 5) is 34.4. The first-order chi connectivity index (χ1) is 19.2. The van der Waals surface area contributed by atoms with Crippen molar-refractivity contribution in [2.75, 3.05) is 43.2 Å². The SMILES string of the molecule is CS(=O)(=O)CCCn1c(CN(c2ccccc2)C(=O)[C@H]2C[C@H](OC(=O)N3CCOCC3)C2)nc2cc(Cl)ccc21. The Hall–Kier alpha value is -3.15. The number of para-hydroxylation sites is 1. The Morgan fingerprint density at radius 1 is 1.12 bits per heavy atom. The predicted molar refractivity (Wildman–Crippen MR) is 152 cm³/mol. The van der Waals surface area contributed by atoms with Crippen LogP contribution in [-0.2, 0) is 37.2 Å². The van der Waals surface area contributed by atoms with Crippen LogP contribution in [0.2, 0.25) is 5.02 Å². The molecule has 2 fully saturated rings. The van der Waals surface area contributed by atoms with Crippen LogP contribution < -0.4 is 4.90 Å². The first kappa shape index (κ1) is 28.4. The van der Waals surface area contributed by atoms with Gasteiger partial charge in [-0.15, -0.1) is 0 Å². The van der Waals surface area contributed by atoms with Crippen LogP contribution in [0, 0.1) is 5.92 Å². The van der Waals surface area contributed by atoms with Crippen molar-refractivity contribution in [2.24, 2.45) is 5.92 Å². The van der Waals surface area contributed by atoms with Gasteiger partial charge in [0.05, 0.1) is 36.5 Å². The molecule has 0 N–H and O–H groups in total. The van der Waals surface area contributed by atoms with Gasteiger partial charge < -0.3 is 23.8 Å². The van der Waals surface area contributed by atoms with Crippen LogP contribution >= 0.6 is 11.6 Å². The van der Waals surface area contributed by atoms with Gasteiger partial charge in [-0.25, -0.2) is 18.2 Å². The van der Waals surface area contributed by atoms with Gasteiger partial charge >= 0.3 is 6.09 Å². The molecule has 2 amide bonds. The van der Waals surface area contributed by atoms with Gasteiger partial charge in [0.2, 0.25) is 5.91 Å². The van der Waals surface area contributed by atoms with E-state index in [4.69, 9.17) is 26.1 Å². The Kier molecular flexibility index (Phi) is 8.62. The molecule has 1 aromatic heterocycles. The lowest BCUT2D eigenvalue weighted by atomic mass is 9.81. The minimum atomic E-state index is -3.12. The molecule has 2 heterocycles. The molecule has 2 aliphatic rings. The van der Waals surface area contributed by atoms with Gasteiger partial charge in [-0.1, -0.05) is 29.8 Å². The lowest BCUT2D eigenvalue weighted by Crippen LogP contribution is -2.48. The number of aromatic nitrogens is 2. The van der Waals surface area contributed by atoms with E-state index in [2.05, 4.69) is 0 Å². The highest BCUT2D eigenvalue weighted by atomic mass is 35.5. The third kappa shape index (κ3) is 6.76. The molecule has 1 aliphatic carbocycles. The molecule has 0 atom stereocenters. The van der Waals surface area contributed by atoms with Crippen molar-refractivity contribution in [1.29, 1.82) is 0 Å². The maximum absolute atomic E-state index is 13.8. The fourth-order valence-electron chi connectivity index (χ4n) is 5.10. The van der Waals surface area contributed by atoms with Crippen LogP contribution in [-0.4, -0.2) is 79.3 Å². The number of sulfone groups is 1. The fourth-order valence-corrected chi connectivity index (χ4v) is 5.92. The summed E-state index contributed by atoms with van der Waals surface area (Å²) in [5, 5.41) is 0.544. The monoisotopic (exact) mass is 588 g/mol. The zero-order valence-corrected chi connectivity index (χ0v) is 23.9. The molecule has 1 saturated carbocycles. The number of ether oxygens (including phenoxy) is 2. The number of hydrogen-bond donors (Lipinski definition) is 0. The van der Waals surface area contributed by atoms with Crippen molar-refractivity contribution in [2.45, 2.75) is 38.5 Å². The molecular weight excluding hydrogens is 556 g/mol. The van der Waals surface area contributed by atoms with Crippen molar-refractivity contribution in [3.05, 3.63) is 59.4 Å². The highest BCUT2D eigenvalue weighted by molar-refractivity contribution is 7.90. The van der Waals surface area contributed by atoms with Gasteiger partial charge in [0, 0.05) is 42.5 Å². The zero-order chi connectivity index (χ0) is 28.3. The van der Waals surface area contributed by atoms with Gasteiger partial charge in [-0.2, -0.15) is 0 Å². The van der Waals surface area contributed by atoms with Crippen molar-refractivity contribution >= 4 is 50.2 Å². The average Bonchev–Trinajstić information content (AvgIpc) is 3.24. The molecule has 0 bridgehead atoms. The molecule has 2 aromatic carbocycles. The molecule has 1 aliphatic heterocycles. The highest BCUT2D eigenvalue weighted by Gasteiger charge is 2.40. The Balaban J connectivity index is 1.34. The second-order valence-corrected chi connectivity index (χ2v) is 13.0. The molecule has 12 heteroatoms. The molecule has 3 aromatic rings. The minimum Gasteiger partial charge on any atom is -0.446 e. The molecule has 5 rings (SSSR count). The highest BCUT2D eigenvalue weighted by Crippen LogP contribution is 2.34. The van der Waals surface area contributed by atoms with E-state index in [0.29, 0.717) is 68.5 Å². The Morgan fingerprint density at radius 2 is 1.85 bits per heavy atom. The van der Waals surface area contributed by atoms with E-state index in [9.17, 15) is 18.0 Å². The van der Waals surface area contributed by atoms with Crippen molar-refractivity contribution in [3.8, 4) is 0 Å². The van der Waals surface area contributed by atoms with Crippen molar-refractivity contribution < 1.29 is 27.5 Å². The first-order valence-electron chi connectivity index (χ1n) is 13.4. The first-order valence-corrected chi connectivity index (χ1v) is 15.8. The number of halogens is 1. The van der Waals surface area contributed by atoms with E-state index >= 15 is 0 Å². The third-order valence-corrected chi connectivity index (χ3v) is 8.57. The topological polar surface area (TPSA) is 111 Å². The van der Waals surface area contributed by atoms with Crippen LogP contribution in [0.25, 0.3) is 11.0 Å². The summed E-state index contributed by atoms with van der Waals surface area (Å²) in [7, 11) is -3.12. The molecule has 0 unspecified atom stereocenters. The second-order valence-electron chi connectivity index (χ2n) is 10.3. The molecule has 0 spiro atoms. The van der Waals surface area contributed by atoms with Gasteiger partial charge in [-0.3, -0.25) is 4.79 Å². The summed E-state index contributed by atoms with van der Waals surface area (Å²) >= 11 is 6.23. The number of fused-ring (bicyclic) bond motifs is 1. The number of anilines is 1. The van der Waals surface area contributed by atoms with Gasteiger partial charge in [0.15, 0.2) is 0 Å². The number of carbonyl (C=O) groups is 2. The Bertz CT molecular complexity index is 1470. The number of benzene rings is 2. The number of hydrogen-bond acceptors (Lipinski definition) is 7. The lowest BCUT2D eigenvalue weighted by molar-refractivity contribution is -0.129. The second kappa shape index (κ2) is 12.2. The van der Waals surface area contributed by atoms with Crippen LogP contribution in [0.1, 0.15) is 25.1 Å². The maximum atomic E-state index is 13.8. The van der Waals surface area contributed by atoms with Crippen LogP contribution in [0.5, 0.6) is 0 Å². The summed E-state index contributed by atoms with van der Waals surface area (Å²) in [6, 6.07) is 14.8. The number of morpholine rings is 1. The fraction of sp³-hybridized carbons (Fsp3) is 0.464. The number of carbonyl (C=O) groups excluding carboxylic acids is 2. The van der Waals surface area contributed by atoms with E-state index in [0.717, 1.165) is 11.2 Å². The minimum absolute atomic E-state index is 0.0493. The Labute approximate surface area is 238 Å². The summed E-state index contributed by atoms with van der Waals surface area (Å²) in [6.45, 7) is 2.64. The van der Waals surface area contributed by atoms with E-state index in [-0.39, 0.29) is 36.3 Å². The zero-order valence-electron chi connectivity index (χ0n) is 22.4. The van der Waals surface area contributed by atoms with E-state index in [1.54, 1.807) is 21.9 Å². The van der Waals surface area contributed by atoms with E-state index < -0.39 is 9.84 Å². The van der Waals surface area contributed by atoms with Gasteiger partial charge in [0.25, 0.3) is 0 Å². The third-order valence-electron chi connectivity index (χ3n) is 7.30. The molecule has 40 heavy (non-hydrogen) atoms. The maximum Gasteiger partial charge on any atom is 0.410 e. The summed E-state index contributed by atoms with van der Waals surface area (Å²) < 4.78 is 36.4. The van der Waals surface area contributed by atoms with Crippen LogP contribution in [0.3, 0.4) is 0 Å². The number of aryl methyl sites for hydroxylation is 1. The number of amides is 2. The molecule has 10 nitrogen and oxygen atoms in total.